The average molecular weight is 669 g/mol. The second-order valence-electron chi connectivity index (χ2n) is 11.3. The van der Waals surface area contributed by atoms with Crippen LogP contribution in [0.1, 0.15) is 33.3 Å². The molecule has 4 aromatic carbocycles. The summed E-state index contributed by atoms with van der Waals surface area (Å²) in [5.41, 5.74) is -1.56. The molecule has 49 heavy (non-hydrogen) atoms. The van der Waals surface area contributed by atoms with E-state index in [1.165, 1.54) is 26.4 Å². The largest absolute Gasteiger partial charge is 0.497 e. The molecule has 6 rings (SSSR count). The SMILES string of the molecule is COc1ccc(C(O[C@H]2[C@H](O)[C@H](n3ccc(=O)[nH]c3=O)O[C@]2(F)COC(=O)c2ccccc2)(c2ccccc2)c2ccc(OC)cc2)cc1. The van der Waals surface area contributed by atoms with Crippen LogP contribution < -0.4 is 20.7 Å². The molecule has 0 bridgehead atoms. The molecule has 4 atom stereocenters. The number of aliphatic hydroxyl groups is 1. The van der Waals surface area contributed by atoms with Gasteiger partial charge in [0.2, 0.25) is 0 Å². The molecule has 0 saturated carbocycles. The average Bonchev–Trinajstić information content (AvgIpc) is 3.38. The Hall–Kier alpha value is -5.56. The summed E-state index contributed by atoms with van der Waals surface area (Å²) in [5, 5.41) is 11.9. The quantitative estimate of drug-likeness (QED) is 0.156. The number of carbonyl (C=O) groups excluding carboxylic acids is 1. The molecule has 0 aliphatic carbocycles. The Bertz CT molecular complexity index is 1950. The summed E-state index contributed by atoms with van der Waals surface area (Å²) in [6.45, 7) is -1.02. The molecule has 2 heterocycles. The number of halogens is 1. The van der Waals surface area contributed by atoms with Gasteiger partial charge in [-0.3, -0.25) is 14.3 Å². The zero-order valence-electron chi connectivity index (χ0n) is 26.5. The number of nitrogens with zero attached hydrogens (tertiary/aromatic N) is 1. The van der Waals surface area contributed by atoms with Crippen molar-refractivity contribution in [1.82, 2.24) is 9.55 Å². The minimum atomic E-state index is -3.02. The molecular weight excluding hydrogens is 635 g/mol. The summed E-state index contributed by atoms with van der Waals surface area (Å²) in [6.07, 6.45) is -4.39. The monoisotopic (exact) mass is 668 g/mol. The third-order valence-electron chi connectivity index (χ3n) is 8.36. The first-order valence-electron chi connectivity index (χ1n) is 15.3. The standard InChI is InChI=1S/C37H33FN2O9/c1-45-28-17-13-26(14-18-28)37(25-11-7-4-8-12-25,27-15-19-29(46-2)20-16-27)48-32-31(42)33(40-22-21-30(41)39-35(40)44)49-36(32,38)23-47-34(43)24-9-5-3-6-10-24/h3-22,31-33,42H,23H2,1-2H3,(H,39,41,44)/t31-,32-,33+,36+/m0/s1. The van der Waals surface area contributed by atoms with Gasteiger partial charge in [-0.05, 0) is 53.1 Å². The van der Waals surface area contributed by atoms with Gasteiger partial charge >= 0.3 is 11.7 Å². The van der Waals surface area contributed by atoms with Crippen LogP contribution in [0, 0.1) is 0 Å². The molecule has 11 nitrogen and oxygen atoms in total. The number of carbonyl (C=O) groups is 1. The number of hydrogen-bond donors (Lipinski definition) is 2. The van der Waals surface area contributed by atoms with Crippen molar-refractivity contribution in [2.24, 2.45) is 0 Å². The van der Waals surface area contributed by atoms with Gasteiger partial charge in [-0.1, -0.05) is 72.8 Å². The van der Waals surface area contributed by atoms with Crippen LogP contribution in [0.3, 0.4) is 0 Å². The van der Waals surface area contributed by atoms with Crippen LogP contribution in [0.4, 0.5) is 4.39 Å². The number of methoxy groups -OCH3 is 2. The fraction of sp³-hybridized carbons (Fsp3) is 0.216. The highest BCUT2D eigenvalue weighted by Gasteiger charge is 2.61. The summed E-state index contributed by atoms with van der Waals surface area (Å²) in [6, 6.07) is 31.8. The number of ether oxygens (including phenoxy) is 5. The fourth-order valence-corrected chi connectivity index (χ4v) is 5.91. The lowest BCUT2D eigenvalue weighted by Crippen LogP contribution is -2.50. The van der Waals surface area contributed by atoms with Crippen LogP contribution >= 0.6 is 0 Å². The number of esters is 1. The first kappa shape index (κ1) is 33.3. The van der Waals surface area contributed by atoms with Crippen LogP contribution in [0.15, 0.2) is 131 Å². The van der Waals surface area contributed by atoms with Gasteiger partial charge in [0.1, 0.15) is 23.2 Å². The predicted octanol–water partition coefficient (Wildman–Crippen LogP) is 4.34. The van der Waals surface area contributed by atoms with E-state index in [4.69, 9.17) is 23.7 Å². The number of rotatable bonds is 11. The zero-order valence-corrected chi connectivity index (χ0v) is 26.5. The fourth-order valence-electron chi connectivity index (χ4n) is 5.91. The summed E-state index contributed by atoms with van der Waals surface area (Å²) < 4.78 is 47.3. The highest BCUT2D eigenvalue weighted by atomic mass is 19.2. The third kappa shape index (κ3) is 6.49. The molecule has 1 aliphatic heterocycles. The van der Waals surface area contributed by atoms with Crippen molar-refractivity contribution in [3.8, 4) is 11.5 Å². The number of alkyl halides is 1. The zero-order chi connectivity index (χ0) is 34.6. The molecule has 12 heteroatoms. The first-order valence-corrected chi connectivity index (χ1v) is 15.3. The van der Waals surface area contributed by atoms with E-state index in [1.807, 2.05) is 6.07 Å². The molecule has 0 spiro atoms. The maximum absolute atomic E-state index is 17.6. The highest BCUT2D eigenvalue weighted by Crippen LogP contribution is 2.48. The van der Waals surface area contributed by atoms with Gasteiger partial charge in [0.15, 0.2) is 18.9 Å². The van der Waals surface area contributed by atoms with Gasteiger partial charge in [-0.2, -0.15) is 0 Å². The summed E-state index contributed by atoms with van der Waals surface area (Å²) in [4.78, 5) is 39.8. The first-order chi connectivity index (χ1) is 23.7. The van der Waals surface area contributed by atoms with E-state index in [-0.39, 0.29) is 5.56 Å². The maximum Gasteiger partial charge on any atom is 0.338 e. The van der Waals surface area contributed by atoms with E-state index in [0.717, 1.165) is 16.8 Å². The Balaban J connectivity index is 1.52. The van der Waals surface area contributed by atoms with Gasteiger partial charge in [0.25, 0.3) is 11.4 Å². The van der Waals surface area contributed by atoms with E-state index in [1.54, 1.807) is 91.0 Å². The minimum Gasteiger partial charge on any atom is -0.497 e. The molecule has 1 aromatic heterocycles. The summed E-state index contributed by atoms with van der Waals surface area (Å²) in [5.74, 6) is -2.77. The van der Waals surface area contributed by atoms with Gasteiger partial charge in [0, 0.05) is 12.3 Å². The van der Waals surface area contributed by atoms with Crippen LogP contribution in [0.5, 0.6) is 11.5 Å². The van der Waals surface area contributed by atoms with Crippen LogP contribution in [0.25, 0.3) is 0 Å². The Kier molecular flexibility index (Phi) is 9.45. The Morgan fingerprint density at radius 3 is 1.90 bits per heavy atom. The second kappa shape index (κ2) is 13.9. The summed E-state index contributed by atoms with van der Waals surface area (Å²) >= 11 is 0. The molecule has 1 saturated heterocycles. The van der Waals surface area contributed by atoms with Crippen LogP contribution in [-0.2, 0) is 19.8 Å². The molecule has 0 unspecified atom stereocenters. The van der Waals surface area contributed by atoms with Crippen molar-refractivity contribution < 1.29 is 38.0 Å². The van der Waals surface area contributed by atoms with Gasteiger partial charge in [-0.25, -0.2) is 14.0 Å². The number of H-pyrrole nitrogens is 1. The van der Waals surface area contributed by atoms with E-state index in [9.17, 15) is 19.5 Å². The molecule has 1 aliphatic rings. The second-order valence-corrected chi connectivity index (χ2v) is 11.3. The lowest BCUT2D eigenvalue weighted by atomic mass is 9.79. The smallest absolute Gasteiger partial charge is 0.338 e. The lowest BCUT2D eigenvalue weighted by Gasteiger charge is -2.40. The van der Waals surface area contributed by atoms with E-state index in [2.05, 4.69) is 4.98 Å². The molecule has 2 N–H and O–H groups in total. The van der Waals surface area contributed by atoms with Crippen molar-refractivity contribution >= 4 is 5.97 Å². The van der Waals surface area contributed by atoms with Gasteiger partial charge < -0.3 is 28.8 Å². The van der Waals surface area contributed by atoms with Crippen LogP contribution in [0.2, 0.25) is 0 Å². The van der Waals surface area contributed by atoms with Crippen LogP contribution in [-0.4, -0.2) is 59.5 Å². The highest BCUT2D eigenvalue weighted by molar-refractivity contribution is 5.89. The normalized spacial score (nSPS) is 20.4. The van der Waals surface area contributed by atoms with Crippen molar-refractivity contribution in [3.05, 3.63) is 165 Å². The third-order valence-corrected chi connectivity index (χ3v) is 8.36. The summed E-state index contributed by atoms with van der Waals surface area (Å²) in [7, 11) is 3.05. The number of hydrogen-bond acceptors (Lipinski definition) is 9. The van der Waals surface area contributed by atoms with Gasteiger partial charge in [-0.15, -0.1) is 0 Å². The molecule has 1 fully saturated rings. The van der Waals surface area contributed by atoms with E-state index < -0.39 is 53.7 Å². The molecule has 5 aromatic rings. The van der Waals surface area contributed by atoms with Crippen molar-refractivity contribution in [2.75, 3.05) is 20.8 Å². The topological polar surface area (TPSA) is 138 Å². The van der Waals surface area contributed by atoms with E-state index in [0.29, 0.717) is 28.2 Å². The van der Waals surface area contributed by atoms with Crippen molar-refractivity contribution in [1.29, 1.82) is 0 Å². The minimum absolute atomic E-state index is 0.158. The molecule has 0 amide bonds. The van der Waals surface area contributed by atoms with Crippen molar-refractivity contribution in [2.45, 2.75) is 29.9 Å². The Labute approximate surface area is 280 Å². The Morgan fingerprint density at radius 2 is 1.37 bits per heavy atom. The number of aliphatic hydroxyl groups excluding tert-OH is 1. The number of benzene rings is 4. The maximum atomic E-state index is 17.6. The van der Waals surface area contributed by atoms with E-state index >= 15 is 4.39 Å². The molecule has 0 radical (unpaired) electrons. The van der Waals surface area contributed by atoms with Crippen molar-refractivity contribution in [3.63, 3.8) is 0 Å². The molecular formula is C37H33FN2O9. The lowest BCUT2D eigenvalue weighted by molar-refractivity contribution is -0.232. The number of aromatic amines is 1. The molecule has 252 valence electrons. The predicted molar refractivity (Wildman–Crippen MR) is 175 cm³/mol. The van der Waals surface area contributed by atoms with Gasteiger partial charge in [0.05, 0.1) is 19.8 Å². The Morgan fingerprint density at radius 1 is 0.837 bits per heavy atom. The number of nitrogens with one attached hydrogen (secondary N) is 1. The number of aromatic nitrogens is 2.